The summed E-state index contributed by atoms with van der Waals surface area (Å²) in [5, 5.41) is 10.6. The molecule has 7 heteroatoms. The first-order valence-corrected chi connectivity index (χ1v) is 14.3. The highest BCUT2D eigenvalue weighted by Gasteiger charge is 2.17. The molecule has 0 unspecified atom stereocenters. The van der Waals surface area contributed by atoms with Gasteiger partial charge in [0, 0.05) is 17.2 Å². The zero-order chi connectivity index (χ0) is 29.9. The van der Waals surface area contributed by atoms with E-state index in [9.17, 15) is 14.3 Å². The number of phenolic OH excluding ortho intramolecular Hbond substituents is 1. The van der Waals surface area contributed by atoms with Gasteiger partial charge in [-0.05, 0) is 79.3 Å². The molecule has 0 aromatic heterocycles. The molecule has 0 saturated carbocycles. The second kappa shape index (κ2) is 14.9. The van der Waals surface area contributed by atoms with E-state index in [0.717, 1.165) is 54.5 Å². The Bertz CT molecular complexity index is 1480. The van der Waals surface area contributed by atoms with E-state index < -0.39 is 5.97 Å². The molecule has 6 nitrogen and oxygen atoms in total. The minimum Gasteiger partial charge on any atom is -0.507 e. The summed E-state index contributed by atoms with van der Waals surface area (Å²) < 4.78 is 36.6. The average molecular weight is 573 g/mol. The van der Waals surface area contributed by atoms with E-state index in [2.05, 4.69) is 6.92 Å². The number of hydrogen-bond donors (Lipinski definition) is 1. The van der Waals surface area contributed by atoms with Gasteiger partial charge < -0.3 is 24.1 Å². The first-order valence-electron chi connectivity index (χ1n) is 14.3. The third-order valence-electron chi connectivity index (χ3n) is 6.87. The van der Waals surface area contributed by atoms with E-state index in [1.807, 2.05) is 37.3 Å². The Balaban J connectivity index is 1.35. The Morgan fingerprint density at radius 3 is 2.17 bits per heavy atom. The Labute approximate surface area is 246 Å². The second-order valence-electron chi connectivity index (χ2n) is 9.81. The van der Waals surface area contributed by atoms with Crippen LogP contribution < -0.4 is 14.2 Å². The molecule has 0 aliphatic carbocycles. The summed E-state index contributed by atoms with van der Waals surface area (Å²) in [6.45, 7) is 5.09. The van der Waals surface area contributed by atoms with Gasteiger partial charge in [-0.15, -0.1) is 0 Å². The van der Waals surface area contributed by atoms with Crippen LogP contribution >= 0.6 is 0 Å². The van der Waals surface area contributed by atoms with Crippen LogP contribution in [0.15, 0.2) is 78.9 Å². The van der Waals surface area contributed by atoms with E-state index in [1.165, 1.54) is 19.2 Å². The van der Waals surface area contributed by atoms with E-state index in [4.69, 9.17) is 18.9 Å². The van der Waals surface area contributed by atoms with Crippen molar-refractivity contribution in [1.82, 2.24) is 0 Å². The molecule has 0 bridgehead atoms. The smallest absolute Gasteiger partial charge is 0.341 e. The summed E-state index contributed by atoms with van der Waals surface area (Å²) in [5.74, 6) is 1.79. The number of para-hydroxylation sites is 1. The average Bonchev–Trinajstić information content (AvgIpc) is 3.00. The van der Waals surface area contributed by atoms with Crippen molar-refractivity contribution >= 4 is 5.97 Å². The third-order valence-corrected chi connectivity index (χ3v) is 6.87. The first-order chi connectivity index (χ1) is 20.4. The van der Waals surface area contributed by atoms with Crippen LogP contribution in [0.25, 0.3) is 11.1 Å². The number of aromatic hydroxyl groups is 1. The van der Waals surface area contributed by atoms with Crippen LogP contribution in [0.1, 0.15) is 54.6 Å². The van der Waals surface area contributed by atoms with Crippen LogP contribution in [0.3, 0.4) is 0 Å². The van der Waals surface area contributed by atoms with Crippen LogP contribution in [0.4, 0.5) is 4.39 Å². The molecule has 42 heavy (non-hydrogen) atoms. The summed E-state index contributed by atoms with van der Waals surface area (Å²) >= 11 is 0. The zero-order valence-electron chi connectivity index (χ0n) is 24.3. The summed E-state index contributed by atoms with van der Waals surface area (Å²) in [6, 6.07) is 22.3. The summed E-state index contributed by atoms with van der Waals surface area (Å²) in [4.78, 5) is 12.2. The fourth-order valence-electron chi connectivity index (χ4n) is 4.68. The molecule has 0 saturated heterocycles. The highest BCUT2D eigenvalue weighted by Crippen LogP contribution is 2.37. The standard InChI is InChI=1S/C35H37FO6/c1-4-11-27-31(14-10-15-32(27)42-33-13-7-6-12-28(33)35(38)39-3)40-20-8-9-21-41-34-23-30(37)29(22-24(34)5-2)25-16-18-26(36)19-17-25/h6-7,10,12-19,22-23,37H,4-5,8-9,11,20-21H2,1-3H3. The number of phenols is 1. The van der Waals surface area contributed by atoms with E-state index in [-0.39, 0.29) is 11.6 Å². The Hall–Kier alpha value is -4.52. The molecular weight excluding hydrogens is 535 g/mol. The van der Waals surface area contributed by atoms with Gasteiger partial charge in [-0.3, -0.25) is 0 Å². The number of esters is 1. The number of carbonyl (C=O) groups excluding carboxylic acids is 1. The Morgan fingerprint density at radius 2 is 1.48 bits per heavy atom. The summed E-state index contributed by atoms with van der Waals surface area (Å²) in [6.07, 6.45) is 3.91. The minimum absolute atomic E-state index is 0.0944. The maximum atomic E-state index is 13.3. The number of methoxy groups -OCH3 is 1. The quantitative estimate of drug-likeness (QED) is 0.121. The van der Waals surface area contributed by atoms with Gasteiger partial charge >= 0.3 is 5.97 Å². The monoisotopic (exact) mass is 572 g/mol. The van der Waals surface area contributed by atoms with Gasteiger partial charge in [0.1, 0.15) is 40.1 Å². The van der Waals surface area contributed by atoms with Crippen molar-refractivity contribution in [2.45, 2.75) is 46.0 Å². The van der Waals surface area contributed by atoms with Gasteiger partial charge in [0.05, 0.1) is 20.3 Å². The van der Waals surface area contributed by atoms with Crippen molar-refractivity contribution in [3.8, 4) is 39.9 Å². The number of halogens is 1. The first kappa shape index (κ1) is 30.4. The van der Waals surface area contributed by atoms with Gasteiger partial charge in [-0.1, -0.05) is 50.6 Å². The molecule has 0 spiro atoms. The Morgan fingerprint density at radius 1 is 0.810 bits per heavy atom. The van der Waals surface area contributed by atoms with Crippen LogP contribution in [0.2, 0.25) is 0 Å². The predicted octanol–water partition coefficient (Wildman–Crippen LogP) is 8.53. The number of unbranched alkanes of at least 4 members (excludes halogenated alkanes) is 1. The van der Waals surface area contributed by atoms with Crippen LogP contribution in [-0.4, -0.2) is 31.4 Å². The number of benzene rings is 4. The number of ether oxygens (including phenoxy) is 4. The lowest BCUT2D eigenvalue weighted by atomic mass is 10.00. The molecule has 4 rings (SSSR count). The molecule has 0 atom stereocenters. The largest absolute Gasteiger partial charge is 0.507 e. The minimum atomic E-state index is -0.456. The van der Waals surface area contributed by atoms with E-state index in [0.29, 0.717) is 41.6 Å². The van der Waals surface area contributed by atoms with Crippen molar-refractivity contribution in [2.75, 3.05) is 20.3 Å². The van der Waals surface area contributed by atoms with Gasteiger partial charge in [0.2, 0.25) is 0 Å². The van der Waals surface area contributed by atoms with E-state index in [1.54, 1.807) is 36.4 Å². The molecule has 0 amide bonds. The zero-order valence-corrected chi connectivity index (χ0v) is 24.3. The SMILES string of the molecule is CCCc1c(OCCCCOc2cc(O)c(-c3ccc(F)cc3)cc2CC)cccc1Oc1ccccc1C(=O)OC. The predicted molar refractivity (Wildman–Crippen MR) is 161 cm³/mol. The highest BCUT2D eigenvalue weighted by atomic mass is 19.1. The number of aryl methyl sites for hydroxylation is 1. The number of rotatable bonds is 14. The topological polar surface area (TPSA) is 74.2 Å². The fourth-order valence-corrected chi connectivity index (χ4v) is 4.68. The lowest BCUT2D eigenvalue weighted by Gasteiger charge is -2.17. The summed E-state index contributed by atoms with van der Waals surface area (Å²) in [7, 11) is 1.35. The van der Waals surface area contributed by atoms with Gasteiger partial charge in [-0.25, -0.2) is 9.18 Å². The summed E-state index contributed by atoms with van der Waals surface area (Å²) in [5.41, 5.74) is 3.67. The van der Waals surface area contributed by atoms with Crippen molar-refractivity contribution in [3.05, 3.63) is 101 Å². The van der Waals surface area contributed by atoms with Crippen molar-refractivity contribution in [2.24, 2.45) is 0 Å². The van der Waals surface area contributed by atoms with Crippen LogP contribution in [-0.2, 0) is 17.6 Å². The van der Waals surface area contributed by atoms with E-state index >= 15 is 0 Å². The molecule has 0 fully saturated rings. The molecule has 0 aliphatic rings. The van der Waals surface area contributed by atoms with Crippen LogP contribution in [0, 0.1) is 5.82 Å². The highest BCUT2D eigenvalue weighted by molar-refractivity contribution is 5.92. The Kier molecular flexibility index (Phi) is 10.8. The third kappa shape index (κ3) is 7.60. The van der Waals surface area contributed by atoms with Crippen molar-refractivity contribution in [1.29, 1.82) is 0 Å². The molecule has 4 aromatic carbocycles. The van der Waals surface area contributed by atoms with Crippen molar-refractivity contribution < 1.29 is 33.2 Å². The normalized spacial score (nSPS) is 10.8. The molecule has 1 N–H and O–H groups in total. The van der Waals surface area contributed by atoms with Gasteiger partial charge in [0.15, 0.2) is 0 Å². The lowest BCUT2D eigenvalue weighted by molar-refractivity contribution is 0.0598. The molecular formula is C35H37FO6. The number of carbonyl (C=O) groups is 1. The molecule has 0 heterocycles. The lowest BCUT2D eigenvalue weighted by Crippen LogP contribution is -2.06. The van der Waals surface area contributed by atoms with Gasteiger partial charge in [0.25, 0.3) is 0 Å². The molecule has 4 aromatic rings. The maximum Gasteiger partial charge on any atom is 0.341 e. The van der Waals surface area contributed by atoms with Crippen molar-refractivity contribution in [3.63, 3.8) is 0 Å². The molecule has 220 valence electrons. The van der Waals surface area contributed by atoms with Gasteiger partial charge in [-0.2, -0.15) is 0 Å². The fraction of sp³-hybridized carbons (Fsp3) is 0.286. The maximum absolute atomic E-state index is 13.3. The molecule has 0 radical (unpaired) electrons. The molecule has 0 aliphatic heterocycles. The second-order valence-corrected chi connectivity index (χ2v) is 9.81. The van der Waals surface area contributed by atoms with Crippen LogP contribution in [0.5, 0.6) is 28.7 Å². The number of hydrogen-bond acceptors (Lipinski definition) is 6.